The second-order valence-electron chi connectivity index (χ2n) is 6.21. The minimum atomic E-state index is -0.256. The third kappa shape index (κ3) is 3.79. The van der Waals surface area contributed by atoms with Crippen molar-refractivity contribution >= 4 is 11.8 Å². The van der Waals surface area contributed by atoms with E-state index in [-0.39, 0.29) is 17.7 Å². The van der Waals surface area contributed by atoms with Gasteiger partial charge in [0.1, 0.15) is 0 Å². The van der Waals surface area contributed by atoms with Crippen molar-refractivity contribution in [2.45, 2.75) is 19.5 Å². The summed E-state index contributed by atoms with van der Waals surface area (Å²) >= 11 is 0. The van der Waals surface area contributed by atoms with Gasteiger partial charge in [-0.25, -0.2) is 0 Å². The van der Waals surface area contributed by atoms with Crippen LogP contribution in [0.1, 0.15) is 17.5 Å². The summed E-state index contributed by atoms with van der Waals surface area (Å²) in [6.45, 7) is 1.59. The van der Waals surface area contributed by atoms with E-state index in [0.717, 1.165) is 11.1 Å². The molecular formula is C19H21N3O2. The fourth-order valence-corrected chi connectivity index (χ4v) is 3.05. The van der Waals surface area contributed by atoms with Crippen molar-refractivity contribution in [2.75, 3.05) is 13.6 Å². The molecule has 5 heteroatoms. The number of aromatic nitrogens is 1. The molecule has 5 nitrogen and oxygen atoms in total. The van der Waals surface area contributed by atoms with Gasteiger partial charge in [0.2, 0.25) is 11.8 Å². The van der Waals surface area contributed by atoms with Gasteiger partial charge in [-0.05, 0) is 23.3 Å². The van der Waals surface area contributed by atoms with Crippen LogP contribution in [0.5, 0.6) is 0 Å². The van der Waals surface area contributed by atoms with Crippen molar-refractivity contribution in [1.29, 1.82) is 0 Å². The van der Waals surface area contributed by atoms with Crippen LogP contribution >= 0.6 is 0 Å². The zero-order valence-corrected chi connectivity index (χ0v) is 13.8. The molecule has 0 bridgehead atoms. The molecule has 3 rings (SSSR count). The van der Waals surface area contributed by atoms with Gasteiger partial charge in [-0.1, -0.05) is 30.3 Å². The lowest BCUT2D eigenvalue weighted by Crippen LogP contribution is -2.34. The normalized spacial score (nSPS) is 17.1. The molecule has 1 aliphatic heterocycles. The van der Waals surface area contributed by atoms with Gasteiger partial charge in [0.15, 0.2) is 0 Å². The monoisotopic (exact) mass is 323 g/mol. The largest absolute Gasteiger partial charge is 0.341 e. The molecule has 1 aromatic heterocycles. The van der Waals surface area contributed by atoms with Crippen molar-refractivity contribution < 1.29 is 9.59 Å². The van der Waals surface area contributed by atoms with E-state index in [4.69, 9.17) is 0 Å². The van der Waals surface area contributed by atoms with E-state index in [2.05, 4.69) is 4.98 Å². The average molecular weight is 323 g/mol. The molecule has 1 saturated heterocycles. The first kappa shape index (κ1) is 16.2. The van der Waals surface area contributed by atoms with Gasteiger partial charge in [-0.3, -0.25) is 14.6 Å². The third-order valence-electron chi connectivity index (χ3n) is 4.33. The number of rotatable bonds is 5. The Hall–Kier alpha value is -2.69. The summed E-state index contributed by atoms with van der Waals surface area (Å²) in [5, 5.41) is 0. The molecule has 1 unspecified atom stereocenters. The highest BCUT2D eigenvalue weighted by molar-refractivity contribution is 5.89. The molecule has 0 saturated carbocycles. The summed E-state index contributed by atoms with van der Waals surface area (Å²) in [4.78, 5) is 32.3. The fraction of sp³-hybridized carbons (Fsp3) is 0.316. The molecule has 2 amide bonds. The SMILES string of the molecule is CN(Cc1ccncc1)C(=O)C1CC(=O)N(Cc2ccccc2)C1. The molecule has 2 aromatic rings. The summed E-state index contributed by atoms with van der Waals surface area (Å²) < 4.78 is 0. The number of carbonyl (C=O) groups excluding carboxylic acids is 2. The number of nitrogens with zero attached hydrogens (tertiary/aromatic N) is 3. The van der Waals surface area contributed by atoms with E-state index in [0.29, 0.717) is 26.1 Å². The molecule has 0 aliphatic carbocycles. The molecule has 1 aliphatic rings. The Balaban J connectivity index is 1.59. The number of carbonyl (C=O) groups is 2. The Morgan fingerprint density at radius 1 is 1.17 bits per heavy atom. The summed E-state index contributed by atoms with van der Waals surface area (Å²) in [5.41, 5.74) is 2.12. The summed E-state index contributed by atoms with van der Waals surface area (Å²) in [6.07, 6.45) is 3.73. The lowest BCUT2D eigenvalue weighted by Gasteiger charge is -2.21. The Labute approximate surface area is 141 Å². The highest BCUT2D eigenvalue weighted by Gasteiger charge is 2.35. The van der Waals surface area contributed by atoms with Gasteiger partial charge in [0.25, 0.3) is 0 Å². The lowest BCUT2D eigenvalue weighted by molar-refractivity contribution is -0.135. The topological polar surface area (TPSA) is 53.5 Å². The fourth-order valence-electron chi connectivity index (χ4n) is 3.05. The number of hydrogen-bond donors (Lipinski definition) is 0. The predicted octanol–water partition coefficient (Wildman–Crippen LogP) is 2.09. The van der Waals surface area contributed by atoms with Gasteiger partial charge >= 0.3 is 0 Å². The summed E-state index contributed by atoms with van der Waals surface area (Å²) in [5.74, 6) is -0.182. The molecule has 124 valence electrons. The van der Waals surface area contributed by atoms with Crippen LogP contribution in [0.4, 0.5) is 0 Å². The van der Waals surface area contributed by atoms with Crippen molar-refractivity contribution in [3.05, 3.63) is 66.0 Å². The van der Waals surface area contributed by atoms with Crippen LogP contribution in [0.15, 0.2) is 54.9 Å². The molecule has 1 aromatic carbocycles. The Morgan fingerprint density at radius 3 is 2.58 bits per heavy atom. The lowest BCUT2D eigenvalue weighted by atomic mass is 10.1. The van der Waals surface area contributed by atoms with Gasteiger partial charge in [-0.15, -0.1) is 0 Å². The van der Waals surface area contributed by atoms with E-state index in [1.807, 2.05) is 42.5 Å². The average Bonchev–Trinajstić information content (AvgIpc) is 2.96. The van der Waals surface area contributed by atoms with E-state index in [1.165, 1.54) is 0 Å². The van der Waals surface area contributed by atoms with Crippen LogP contribution in [0.3, 0.4) is 0 Å². The van der Waals surface area contributed by atoms with E-state index in [9.17, 15) is 9.59 Å². The third-order valence-corrected chi connectivity index (χ3v) is 4.33. The zero-order chi connectivity index (χ0) is 16.9. The maximum Gasteiger partial charge on any atom is 0.228 e. The second kappa shape index (κ2) is 7.25. The van der Waals surface area contributed by atoms with E-state index >= 15 is 0 Å². The molecule has 0 N–H and O–H groups in total. The van der Waals surface area contributed by atoms with Gasteiger partial charge < -0.3 is 9.80 Å². The van der Waals surface area contributed by atoms with Gasteiger partial charge in [-0.2, -0.15) is 0 Å². The first-order valence-electron chi connectivity index (χ1n) is 8.09. The van der Waals surface area contributed by atoms with Crippen LogP contribution in [0, 0.1) is 5.92 Å². The van der Waals surface area contributed by atoms with Crippen LogP contribution in [-0.4, -0.2) is 40.2 Å². The van der Waals surface area contributed by atoms with Gasteiger partial charge in [0, 0.05) is 45.5 Å². The van der Waals surface area contributed by atoms with Crippen LogP contribution in [0.25, 0.3) is 0 Å². The van der Waals surface area contributed by atoms with Crippen LogP contribution in [0.2, 0.25) is 0 Å². The molecule has 1 atom stereocenters. The molecule has 24 heavy (non-hydrogen) atoms. The van der Waals surface area contributed by atoms with Gasteiger partial charge in [0.05, 0.1) is 5.92 Å². The van der Waals surface area contributed by atoms with Crippen molar-refractivity contribution in [1.82, 2.24) is 14.8 Å². The number of pyridine rings is 1. The van der Waals surface area contributed by atoms with E-state index in [1.54, 1.807) is 29.2 Å². The molecule has 0 spiro atoms. The molecule has 1 fully saturated rings. The van der Waals surface area contributed by atoms with Crippen molar-refractivity contribution in [3.8, 4) is 0 Å². The number of amides is 2. The highest BCUT2D eigenvalue weighted by atomic mass is 16.2. The van der Waals surface area contributed by atoms with E-state index < -0.39 is 0 Å². The Morgan fingerprint density at radius 2 is 1.88 bits per heavy atom. The quantitative estimate of drug-likeness (QED) is 0.846. The Kier molecular flexibility index (Phi) is 4.89. The number of benzene rings is 1. The smallest absolute Gasteiger partial charge is 0.228 e. The standard InChI is InChI=1S/C19H21N3O2/c1-21(12-16-7-9-20-10-8-16)19(24)17-11-18(23)22(14-17)13-15-5-3-2-4-6-15/h2-10,17H,11-14H2,1H3. The number of likely N-dealkylation sites (tertiary alicyclic amines) is 1. The summed E-state index contributed by atoms with van der Waals surface area (Å²) in [6, 6.07) is 13.7. The molecule has 0 radical (unpaired) electrons. The van der Waals surface area contributed by atoms with Crippen molar-refractivity contribution in [2.24, 2.45) is 5.92 Å². The first-order chi connectivity index (χ1) is 11.6. The minimum Gasteiger partial charge on any atom is -0.341 e. The number of hydrogen-bond acceptors (Lipinski definition) is 3. The zero-order valence-electron chi connectivity index (χ0n) is 13.8. The maximum atomic E-state index is 12.6. The van der Waals surface area contributed by atoms with Crippen LogP contribution < -0.4 is 0 Å². The second-order valence-corrected chi connectivity index (χ2v) is 6.21. The van der Waals surface area contributed by atoms with Crippen molar-refractivity contribution in [3.63, 3.8) is 0 Å². The first-order valence-corrected chi connectivity index (χ1v) is 8.09. The maximum absolute atomic E-state index is 12.6. The predicted molar refractivity (Wildman–Crippen MR) is 90.7 cm³/mol. The summed E-state index contributed by atoms with van der Waals surface area (Å²) in [7, 11) is 1.78. The molecular weight excluding hydrogens is 302 g/mol. The Bertz CT molecular complexity index is 703. The molecule has 2 heterocycles. The highest BCUT2D eigenvalue weighted by Crippen LogP contribution is 2.22. The minimum absolute atomic E-state index is 0.0238. The van der Waals surface area contributed by atoms with Crippen LogP contribution in [-0.2, 0) is 22.7 Å².